The topological polar surface area (TPSA) is 29.1 Å². The van der Waals surface area contributed by atoms with E-state index in [2.05, 4.69) is 19.2 Å². The van der Waals surface area contributed by atoms with Crippen LogP contribution >= 0.6 is 0 Å². The second-order valence-electron chi connectivity index (χ2n) is 2.79. The van der Waals surface area contributed by atoms with Gasteiger partial charge in [-0.1, -0.05) is 27.2 Å². The standard InChI is InChI=1S/C8H17NO/c1-5-6(2)7(3)8(10)9-4/h6-7H,5H2,1-4H3,(H,9,10)/t6?,7-/m0/s1. The summed E-state index contributed by atoms with van der Waals surface area (Å²) in [6.07, 6.45) is 1.06. The summed E-state index contributed by atoms with van der Waals surface area (Å²) in [4.78, 5) is 11.0. The van der Waals surface area contributed by atoms with E-state index in [4.69, 9.17) is 0 Å². The van der Waals surface area contributed by atoms with E-state index in [1.807, 2.05) is 6.92 Å². The molecule has 2 heteroatoms. The van der Waals surface area contributed by atoms with Crippen LogP contribution in [0.2, 0.25) is 0 Å². The third kappa shape index (κ3) is 2.38. The summed E-state index contributed by atoms with van der Waals surface area (Å²) >= 11 is 0. The average Bonchev–Trinajstić information content (AvgIpc) is 2.00. The van der Waals surface area contributed by atoms with Gasteiger partial charge in [0.2, 0.25) is 5.91 Å². The lowest BCUT2D eigenvalue weighted by atomic mass is 9.93. The molecule has 0 radical (unpaired) electrons. The van der Waals surface area contributed by atoms with Crippen LogP contribution in [0.15, 0.2) is 0 Å². The molecule has 0 aliphatic heterocycles. The zero-order valence-corrected chi connectivity index (χ0v) is 7.27. The second-order valence-corrected chi connectivity index (χ2v) is 2.79. The van der Waals surface area contributed by atoms with Crippen LogP contribution in [0.3, 0.4) is 0 Å². The van der Waals surface area contributed by atoms with Crippen molar-refractivity contribution in [1.29, 1.82) is 0 Å². The third-order valence-electron chi connectivity index (χ3n) is 2.16. The van der Waals surface area contributed by atoms with Crippen molar-refractivity contribution in [3.05, 3.63) is 0 Å². The first-order valence-electron chi connectivity index (χ1n) is 3.85. The van der Waals surface area contributed by atoms with Gasteiger partial charge in [-0.05, 0) is 5.92 Å². The van der Waals surface area contributed by atoms with E-state index in [0.717, 1.165) is 6.42 Å². The fourth-order valence-electron chi connectivity index (χ4n) is 0.840. The molecular weight excluding hydrogens is 126 g/mol. The Labute approximate surface area is 63.0 Å². The minimum Gasteiger partial charge on any atom is -0.359 e. The molecule has 10 heavy (non-hydrogen) atoms. The van der Waals surface area contributed by atoms with E-state index < -0.39 is 0 Å². The van der Waals surface area contributed by atoms with Gasteiger partial charge in [-0.25, -0.2) is 0 Å². The average molecular weight is 143 g/mol. The van der Waals surface area contributed by atoms with Crippen molar-refractivity contribution in [3.63, 3.8) is 0 Å². The van der Waals surface area contributed by atoms with Crippen molar-refractivity contribution in [2.45, 2.75) is 27.2 Å². The van der Waals surface area contributed by atoms with Gasteiger partial charge in [-0.2, -0.15) is 0 Å². The molecule has 0 rings (SSSR count). The maximum absolute atomic E-state index is 11.0. The molecule has 0 aromatic carbocycles. The van der Waals surface area contributed by atoms with Gasteiger partial charge in [-0.3, -0.25) is 4.79 Å². The van der Waals surface area contributed by atoms with Crippen LogP contribution in [0, 0.1) is 11.8 Å². The van der Waals surface area contributed by atoms with Crippen LogP contribution in [0.25, 0.3) is 0 Å². The molecule has 60 valence electrons. The molecule has 0 bridgehead atoms. The maximum Gasteiger partial charge on any atom is 0.222 e. The largest absolute Gasteiger partial charge is 0.359 e. The number of amides is 1. The quantitative estimate of drug-likeness (QED) is 0.636. The smallest absolute Gasteiger partial charge is 0.222 e. The molecule has 0 heterocycles. The fraction of sp³-hybridized carbons (Fsp3) is 0.875. The fourth-order valence-corrected chi connectivity index (χ4v) is 0.840. The minimum absolute atomic E-state index is 0.148. The van der Waals surface area contributed by atoms with Gasteiger partial charge in [-0.15, -0.1) is 0 Å². The van der Waals surface area contributed by atoms with Crippen LogP contribution in [-0.2, 0) is 4.79 Å². The minimum atomic E-state index is 0.148. The summed E-state index contributed by atoms with van der Waals surface area (Å²) in [5, 5.41) is 2.64. The molecule has 0 aromatic rings. The van der Waals surface area contributed by atoms with Crippen LogP contribution < -0.4 is 5.32 Å². The summed E-state index contributed by atoms with van der Waals surface area (Å²) in [6.45, 7) is 6.16. The molecule has 0 saturated carbocycles. The van der Waals surface area contributed by atoms with Crippen LogP contribution in [0.4, 0.5) is 0 Å². The van der Waals surface area contributed by atoms with Gasteiger partial charge < -0.3 is 5.32 Å². The molecule has 1 amide bonds. The van der Waals surface area contributed by atoms with E-state index in [1.54, 1.807) is 7.05 Å². The Kier molecular flexibility index (Phi) is 4.08. The number of rotatable bonds is 3. The SMILES string of the molecule is CCC(C)[C@H](C)C(=O)NC. The normalized spacial score (nSPS) is 16.0. The second kappa shape index (κ2) is 4.31. The molecule has 0 aliphatic rings. The Morgan fingerprint density at radius 2 is 2.00 bits per heavy atom. The number of hydrogen-bond acceptors (Lipinski definition) is 1. The maximum atomic E-state index is 11.0. The zero-order valence-electron chi connectivity index (χ0n) is 7.27. The molecule has 2 atom stereocenters. The lowest BCUT2D eigenvalue weighted by Crippen LogP contribution is -2.29. The van der Waals surface area contributed by atoms with Crippen molar-refractivity contribution in [2.24, 2.45) is 11.8 Å². The van der Waals surface area contributed by atoms with Gasteiger partial charge in [0.25, 0.3) is 0 Å². The van der Waals surface area contributed by atoms with E-state index >= 15 is 0 Å². The Balaban J connectivity index is 3.81. The van der Waals surface area contributed by atoms with Gasteiger partial charge in [0, 0.05) is 13.0 Å². The molecule has 0 fully saturated rings. The van der Waals surface area contributed by atoms with Crippen LogP contribution in [-0.4, -0.2) is 13.0 Å². The molecule has 1 N–H and O–H groups in total. The molecule has 1 unspecified atom stereocenters. The van der Waals surface area contributed by atoms with E-state index in [-0.39, 0.29) is 11.8 Å². The Hall–Kier alpha value is -0.530. The van der Waals surface area contributed by atoms with Crippen molar-refractivity contribution < 1.29 is 4.79 Å². The lowest BCUT2D eigenvalue weighted by Gasteiger charge is -2.15. The highest BCUT2D eigenvalue weighted by Crippen LogP contribution is 2.13. The molecule has 0 spiro atoms. The predicted molar refractivity (Wildman–Crippen MR) is 42.7 cm³/mol. The van der Waals surface area contributed by atoms with E-state index in [0.29, 0.717) is 5.92 Å². The molecule has 0 saturated heterocycles. The molecular formula is C8H17NO. The Morgan fingerprint density at radius 3 is 2.30 bits per heavy atom. The summed E-state index contributed by atoms with van der Waals surface area (Å²) in [5.74, 6) is 0.782. The first-order chi connectivity index (χ1) is 4.63. The Morgan fingerprint density at radius 1 is 1.50 bits per heavy atom. The van der Waals surface area contributed by atoms with Gasteiger partial charge >= 0.3 is 0 Å². The highest BCUT2D eigenvalue weighted by Gasteiger charge is 2.16. The zero-order chi connectivity index (χ0) is 8.15. The predicted octanol–water partition coefficient (Wildman–Crippen LogP) is 1.41. The first-order valence-corrected chi connectivity index (χ1v) is 3.85. The van der Waals surface area contributed by atoms with Crippen molar-refractivity contribution in [3.8, 4) is 0 Å². The number of carbonyl (C=O) groups is 1. The number of carbonyl (C=O) groups excluding carboxylic acids is 1. The number of nitrogens with one attached hydrogen (secondary N) is 1. The van der Waals surface area contributed by atoms with Crippen molar-refractivity contribution >= 4 is 5.91 Å². The molecule has 2 nitrogen and oxygen atoms in total. The van der Waals surface area contributed by atoms with Crippen molar-refractivity contribution in [2.75, 3.05) is 7.05 Å². The van der Waals surface area contributed by atoms with E-state index in [1.165, 1.54) is 0 Å². The lowest BCUT2D eigenvalue weighted by molar-refractivity contribution is -0.125. The van der Waals surface area contributed by atoms with Gasteiger partial charge in [0.15, 0.2) is 0 Å². The summed E-state index contributed by atoms with van der Waals surface area (Å²) in [7, 11) is 1.68. The number of hydrogen-bond donors (Lipinski definition) is 1. The van der Waals surface area contributed by atoms with Crippen molar-refractivity contribution in [1.82, 2.24) is 5.32 Å². The molecule has 0 aliphatic carbocycles. The monoisotopic (exact) mass is 143 g/mol. The summed E-state index contributed by atoms with van der Waals surface area (Å²) in [5.41, 5.74) is 0. The highest BCUT2D eigenvalue weighted by atomic mass is 16.1. The van der Waals surface area contributed by atoms with E-state index in [9.17, 15) is 4.79 Å². The summed E-state index contributed by atoms with van der Waals surface area (Å²) in [6, 6.07) is 0. The van der Waals surface area contributed by atoms with Gasteiger partial charge in [0.1, 0.15) is 0 Å². The highest BCUT2D eigenvalue weighted by molar-refractivity contribution is 5.78. The molecule has 0 aromatic heterocycles. The van der Waals surface area contributed by atoms with Crippen LogP contribution in [0.5, 0.6) is 0 Å². The first kappa shape index (κ1) is 9.47. The van der Waals surface area contributed by atoms with Gasteiger partial charge in [0.05, 0.1) is 0 Å². The Bertz CT molecular complexity index is 112. The summed E-state index contributed by atoms with van der Waals surface area (Å²) < 4.78 is 0. The third-order valence-corrected chi connectivity index (χ3v) is 2.16. The van der Waals surface area contributed by atoms with Crippen LogP contribution in [0.1, 0.15) is 27.2 Å².